The number of rotatable bonds is 7. The third-order valence-electron chi connectivity index (χ3n) is 7.99. The predicted molar refractivity (Wildman–Crippen MR) is 154 cm³/mol. The van der Waals surface area contributed by atoms with Crippen LogP contribution in [-0.4, -0.2) is 59.5 Å². The summed E-state index contributed by atoms with van der Waals surface area (Å²) in [5.74, 6) is -0.842. The minimum atomic E-state index is -0.522. The van der Waals surface area contributed by atoms with Crippen LogP contribution in [0.1, 0.15) is 105 Å². The van der Waals surface area contributed by atoms with Gasteiger partial charge in [0.25, 0.3) is 0 Å². The highest BCUT2D eigenvalue weighted by Crippen LogP contribution is 2.33. The molecule has 8 nitrogen and oxygen atoms in total. The number of esters is 2. The highest BCUT2D eigenvalue weighted by molar-refractivity contribution is 5.73. The molecule has 0 bridgehead atoms. The smallest absolute Gasteiger partial charge is 0.313 e. The van der Waals surface area contributed by atoms with Crippen molar-refractivity contribution >= 4 is 11.9 Å². The Balaban J connectivity index is 1.20. The number of nitrogens with one attached hydrogen (secondary N) is 2. The monoisotopic (exact) mass is 558 g/mol. The number of hydrogen-bond acceptors (Lipinski definition) is 8. The fourth-order valence-corrected chi connectivity index (χ4v) is 7.05. The van der Waals surface area contributed by atoms with Crippen LogP contribution in [0.2, 0.25) is 0 Å². The Morgan fingerprint density at radius 3 is 1.68 bits per heavy atom. The lowest BCUT2D eigenvalue weighted by Crippen LogP contribution is -2.60. The maximum Gasteiger partial charge on any atom is 0.313 e. The lowest BCUT2D eigenvalue weighted by molar-refractivity contribution is -0.216. The molecule has 0 amide bonds. The number of benzene rings is 1. The molecular weight excluding hydrogens is 508 g/mol. The molecule has 40 heavy (non-hydrogen) atoms. The molecule has 1 aromatic rings. The van der Waals surface area contributed by atoms with Gasteiger partial charge in [-0.05, 0) is 67.4 Å². The molecule has 0 saturated carbocycles. The zero-order valence-electron chi connectivity index (χ0n) is 25.7. The number of carbonyl (C=O) groups is 2. The van der Waals surface area contributed by atoms with E-state index >= 15 is 0 Å². The van der Waals surface area contributed by atoms with E-state index in [1.807, 2.05) is 24.3 Å². The van der Waals surface area contributed by atoms with Crippen molar-refractivity contribution in [3.8, 4) is 0 Å². The van der Waals surface area contributed by atoms with E-state index in [1.165, 1.54) is 0 Å². The van der Waals surface area contributed by atoms with Gasteiger partial charge in [0.05, 0.1) is 13.2 Å². The van der Waals surface area contributed by atoms with Crippen LogP contribution in [-0.2, 0) is 35.0 Å². The Kier molecular flexibility index (Phi) is 9.06. The van der Waals surface area contributed by atoms with Gasteiger partial charge >= 0.3 is 11.9 Å². The Hall–Kier alpha value is -2.00. The summed E-state index contributed by atoms with van der Waals surface area (Å²) in [5.41, 5.74) is 1.63. The SMILES string of the molecule is CC1(C)CC(OC(=O)CCc2ccc(C3OCC(C(=O)OC4CC(C)(C)NC(C)(C)C4)CO3)cc2)CC(C)(C)N1. The second kappa shape index (κ2) is 11.7. The summed E-state index contributed by atoms with van der Waals surface area (Å²) in [6.45, 7) is 17.7. The van der Waals surface area contributed by atoms with Gasteiger partial charge in [-0.15, -0.1) is 0 Å². The van der Waals surface area contributed by atoms with Crippen LogP contribution in [0.4, 0.5) is 0 Å². The molecule has 0 aliphatic carbocycles. The van der Waals surface area contributed by atoms with Crippen LogP contribution in [0.15, 0.2) is 24.3 Å². The average Bonchev–Trinajstić information content (AvgIpc) is 2.79. The summed E-state index contributed by atoms with van der Waals surface area (Å²) in [5, 5.41) is 7.23. The normalized spacial score (nSPS) is 28.0. The minimum absolute atomic E-state index is 0.0619. The molecule has 3 heterocycles. The van der Waals surface area contributed by atoms with Gasteiger partial charge < -0.3 is 29.6 Å². The Morgan fingerprint density at radius 1 is 0.750 bits per heavy atom. The first kappa shape index (κ1) is 30.9. The van der Waals surface area contributed by atoms with Crippen molar-refractivity contribution in [1.82, 2.24) is 10.6 Å². The van der Waals surface area contributed by atoms with E-state index in [0.29, 0.717) is 12.8 Å². The molecule has 3 fully saturated rings. The second-order valence-corrected chi connectivity index (χ2v) is 14.7. The molecule has 224 valence electrons. The highest BCUT2D eigenvalue weighted by Gasteiger charge is 2.41. The lowest BCUT2D eigenvalue weighted by Gasteiger charge is -2.46. The van der Waals surface area contributed by atoms with Gasteiger partial charge in [-0.1, -0.05) is 24.3 Å². The third kappa shape index (κ3) is 8.75. The van der Waals surface area contributed by atoms with Crippen LogP contribution < -0.4 is 10.6 Å². The molecule has 2 N–H and O–H groups in total. The fourth-order valence-electron chi connectivity index (χ4n) is 7.05. The Morgan fingerprint density at radius 2 is 1.20 bits per heavy atom. The van der Waals surface area contributed by atoms with Gasteiger partial charge in [0.15, 0.2) is 6.29 Å². The molecule has 3 saturated heterocycles. The van der Waals surface area contributed by atoms with E-state index in [4.69, 9.17) is 18.9 Å². The molecule has 0 spiro atoms. The van der Waals surface area contributed by atoms with Crippen molar-refractivity contribution in [2.75, 3.05) is 13.2 Å². The van der Waals surface area contributed by atoms with Crippen molar-refractivity contribution < 1.29 is 28.5 Å². The van der Waals surface area contributed by atoms with E-state index in [-0.39, 0.29) is 59.5 Å². The molecular formula is C32H50N2O6. The van der Waals surface area contributed by atoms with Gasteiger partial charge in [-0.3, -0.25) is 9.59 Å². The lowest BCUT2D eigenvalue weighted by atomic mass is 9.81. The molecule has 0 radical (unpaired) electrons. The number of piperidine rings is 2. The summed E-state index contributed by atoms with van der Waals surface area (Å²) in [6, 6.07) is 7.90. The number of ether oxygens (including phenoxy) is 4. The number of carbonyl (C=O) groups excluding carboxylic acids is 2. The summed E-state index contributed by atoms with van der Waals surface area (Å²) in [4.78, 5) is 25.4. The van der Waals surface area contributed by atoms with Gasteiger partial charge in [0, 0.05) is 59.8 Å². The first-order valence-corrected chi connectivity index (χ1v) is 14.8. The Labute approximate surface area is 240 Å². The summed E-state index contributed by atoms with van der Waals surface area (Å²) >= 11 is 0. The Bertz CT molecular complexity index is 1010. The minimum Gasteiger partial charge on any atom is -0.462 e. The van der Waals surface area contributed by atoms with Gasteiger partial charge in [0.2, 0.25) is 0 Å². The standard InChI is InChI=1S/C32H50N2O6/c1-29(2)15-24(16-30(3,4)33-29)39-26(35)14-11-21-9-12-22(13-10-21)28-37-19-23(20-38-28)27(36)40-25-17-31(5,6)34-32(7,8)18-25/h9-10,12-13,23-25,28,33-34H,11,14-20H2,1-8H3. The zero-order valence-corrected chi connectivity index (χ0v) is 25.7. The molecule has 8 heteroatoms. The molecule has 3 aliphatic rings. The topological polar surface area (TPSA) is 95.1 Å². The van der Waals surface area contributed by atoms with E-state index in [1.54, 1.807) is 0 Å². The largest absolute Gasteiger partial charge is 0.462 e. The predicted octanol–water partition coefficient (Wildman–Crippen LogP) is 4.99. The van der Waals surface area contributed by atoms with E-state index in [9.17, 15) is 9.59 Å². The number of hydrogen-bond donors (Lipinski definition) is 2. The molecule has 0 unspecified atom stereocenters. The van der Waals surface area contributed by atoms with Crippen molar-refractivity contribution in [2.45, 2.75) is 135 Å². The third-order valence-corrected chi connectivity index (χ3v) is 7.99. The van der Waals surface area contributed by atoms with Crippen LogP contribution in [0.5, 0.6) is 0 Å². The molecule has 0 aromatic heterocycles. The van der Waals surface area contributed by atoms with E-state index < -0.39 is 12.2 Å². The van der Waals surface area contributed by atoms with Crippen LogP contribution in [0.25, 0.3) is 0 Å². The highest BCUT2D eigenvalue weighted by atomic mass is 16.7. The molecule has 1 aromatic carbocycles. The molecule has 4 rings (SSSR count). The van der Waals surface area contributed by atoms with Crippen molar-refractivity contribution in [1.29, 1.82) is 0 Å². The van der Waals surface area contributed by atoms with E-state index in [0.717, 1.165) is 36.8 Å². The van der Waals surface area contributed by atoms with E-state index in [2.05, 4.69) is 66.0 Å². The maximum absolute atomic E-state index is 12.8. The second-order valence-electron chi connectivity index (χ2n) is 14.7. The van der Waals surface area contributed by atoms with Crippen LogP contribution in [0.3, 0.4) is 0 Å². The molecule has 3 aliphatic heterocycles. The van der Waals surface area contributed by atoms with Crippen molar-refractivity contribution in [2.24, 2.45) is 5.92 Å². The first-order chi connectivity index (χ1) is 18.5. The van der Waals surface area contributed by atoms with Gasteiger partial charge in [-0.2, -0.15) is 0 Å². The first-order valence-electron chi connectivity index (χ1n) is 14.8. The quantitative estimate of drug-likeness (QED) is 0.452. The average molecular weight is 559 g/mol. The maximum atomic E-state index is 12.8. The summed E-state index contributed by atoms with van der Waals surface area (Å²) < 4.78 is 23.6. The summed E-state index contributed by atoms with van der Waals surface area (Å²) in [7, 11) is 0. The number of aryl methyl sites for hydroxylation is 1. The van der Waals surface area contributed by atoms with Gasteiger partial charge in [-0.25, -0.2) is 0 Å². The van der Waals surface area contributed by atoms with Crippen molar-refractivity contribution in [3.05, 3.63) is 35.4 Å². The zero-order chi connectivity index (χ0) is 29.3. The fraction of sp³-hybridized carbons (Fsp3) is 0.750. The summed E-state index contributed by atoms with van der Waals surface area (Å²) in [6.07, 6.45) is 3.41. The van der Waals surface area contributed by atoms with Crippen LogP contribution >= 0.6 is 0 Å². The van der Waals surface area contributed by atoms with Crippen molar-refractivity contribution in [3.63, 3.8) is 0 Å². The van der Waals surface area contributed by atoms with Crippen LogP contribution in [0, 0.1) is 5.92 Å². The molecule has 0 atom stereocenters. The van der Waals surface area contributed by atoms with Gasteiger partial charge in [0.1, 0.15) is 18.1 Å².